The summed E-state index contributed by atoms with van der Waals surface area (Å²) in [6, 6.07) is 3.86. The fourth-order valence-corrected chi connectivity index (χ4v) is 1.02. The first-order valence-electron chi connectivity index (χ1n) is 3.80. The number of ketones is 1. The van der Waals surface area contributed by atoms with Crippen molar-refractivity contribution >= 4 is 5.78 Å². The van der Waals surface area contributed by atoms with E-state index >= 15 is 0 Å². The largest absolute Gasteiger partial charge is 0.504 e. The summed E-state index contributed by atoms with van der Waals surface area (Å²) < 4.78 is 27.8. The van der Waals surface area contributed by atoms with Crippen LogP contribution in [0.3, 0.4) is 0 Å². The predicted molar refractivity (Wildman–Crippen MR) is 44.7 cm³/mol. The lowest BCUT2D eigenvalue weighted by Crippen LogP contribution is -2.06. The van der Waals surface area contributed by atoms with E-state index in [1.54, 1.807) is 0 Å². The van der Waals surface area contributed by atoms with Gasteiger partial charge in [0.2, 0.25) is 0 Å². The Morgan fingerprint density at radius 2 is 2.14 bits per heavy atom. The van der Waals surface area contributed by atoms with Gasteiger partial charge in [-0.1, -0.05) is 6.07 Å². The van der Waals surface area contributed by atoms with Crippen LogP contribution in [0.4, 0.5) is 8.78 Å². The minimum absolute atomic E-state index is 0.0645. The van der Waals surface area contributed by atoms with Gasteiger partial charge in [-0.15, -0.1) is 0 Å². The van der Waals surface area contributed by atoms with Crippen LogP contribution in [0.1, 0.15) is 17.3 Å². The third kappa shape index (κ3) is 2.18. The summed E-state index contributed by atoms with van der Waals surface area (Å²) in [5.74, 6) is -1.40. The van der Waals surface area contributed by atoms with Crippen LogP contribution in [0.5, 0.6) is 11.5 Å². The summed E-state index contributed by atoms with van der Waals surface area (Å²) in [6.07, 6.45) is 0. The maximum atomic E-state index is 11.9. The van der Waals surface area contributed by atoms with Crippen LogP contribution in [0.25, 0.3) is 0 Å². The minimum atomic E-state index is -3.07. The van der Waals surface area contributed by atoms with Gasteiger partial charge < -0.3 is 9.84 Å². The topological polar surface area (TPSA) is 46.5 Å². The number of phenols is 1. The summed E-state index contributed by atoms with van der Waals surface area (Å²) in [7, 11) is 0. The highest BCUT2D eigenvalue weighted by atomic mass is 19.3. The van der Waals surface area contributed by atoms with E-state index in [2.05, 4.69) is 4.74 Å². The van der Waals surface area contributed by atoms with Gasteiger partial charge in [-0.25, -0.2) is 0 Å². The van der Waals surface area contributed by atoms with Crippen molar-refractivity contribution < 1.29 is 23.4 Å². The molecule has 0 radical (unpaired) electrons. The Kier molecular flexibility index (Phi) is 3.01. The normalized spacial score (nSPS) is 10.3. The van der Waals surface area contributed by atoms with Gasteiger partial charge in [0, 0.05) is 0 Å². The van der Waals surface area contributed by atoms with Crippen LogP contribution in [0.15, 0.2) is 18.2 Å². The lowest BCUT2D eigenvalue weighted by Gasteiger charge is -2.09. The standard InChI is InChI=1S/C9H8F2O3/c1-5(12)6-3-2-4-7(13)8(6)14-9(10)11/h2-4,9,13H,1H3. The highest BCUT2D eigenvalue weighted by Gasteiger charge is 2.16. The molecule has 0 bridgehead atoms. The molecule has 0 aromatic heterocycles. The number of hydrogen-bond acceptors (Lipinski definition) is 3. The molecule has 0 saturated heterocycles. The number of benzene rings is 1. The molecule has 0 amide bonds. The summed E-state index contributed by atoms with van der Waals surface area (Å²) >= 11 is 0. The highest BCUT2D eigenvalue weighted by molar-refractivity contribution is 5.97. The van der Waals surface area contributed by atoms with Crippen molar-refractivity contribution in [1.29, 1.82) is 0 Å². The molecular formula is C9H8F2O3. The van der Waals surface area contributed by atoms with E-state index in [-0.39, 0.29) is 5.56 Å². The van der Waals surface area contributed by atoms with Gasteiger partial charge in [0.25, 0.3) is 0 Å². The molecule has 3 nitrogen and oxygen atoms in total. The van der Waals surface area contributed by atoms with E-state index in [9.17, 15) is 18.7 Å². The van der Waals surface area contributed by atoms with Crippen LogP contribution < -0.4 is 4.74 Å². The molecule has 0 aliphatic rings. The maximum Gasteiger partial charge on any atom is 0.387 e. The summed E-state index contributed by atoms with van der Waals surface area (Å²) in [6.45, 7) is -1.87. The molecule has 1 aromatic carbocycles. The number of Topliss-reactive ketones (excluding diaryl/α,β-unsaturated/α-hetero) is 1. The number of halogens is 2. The number of para-hydroxylation sites is 1. The predicted octanol–water partition coefficient (Wildman–Crippen LogP) is 2.20. The van der Waals surface area contributed by atoms with Crippen molar-refractivity contribution in [3.63, 3.8) is 0 Å². The molecular weight excluding hydrogens is 194 g/mol. The molecule has 1 aromatic rings. The second kappa shape index (κ2) is 4.04. The smallest absolute Gasteiger partial charge is 0.387 e. The molecule has 0 aliphatic heterocycles. The molecule has 14 heavy (non-hydrogen) atoms. The van der Waals surface area contributed by atoms with Gasteiger partial charge in [0.1, 0.15) is 0 Å². The van der Waals surface area contributed by atoms with Gasteiger partial charge in [0.15, 0.2) is 17.3 Å². The number of ether oxygens (including phenoxy) is 1. The molecule has 0 heterocycles. The summed E-state index contributed by atoms with van der Waals surface area (Å²) in [4.78, 5) is 11.0. The molecule has 5 heteroatoms. The van der Waals surface area contributed by atoms with E-state index in [1.807, 2.05) is 0 Å². The molecule has 0 saturated carbocycles. The second-order valence-corrected chi connectivity index (χ2v) is 2.59. The number of hydrogen-bond donors (Lipinski definition) is 1. The maximum absolute atomic E-state index is 11.9. The Hall–Kier alpha value is -1.65. The van der Waals surface area contributed by atoms with E-state index in [0.717, 1.165) is 0 Å². The zero-order valence-electron chi connectivity index (χ0n) is 7.33. The molecule has 0 aliphatic carbocycles. The van der Waals surface area contributed by atoms with Crippen LogP contribution in [-0.4, -0.2) is 17.5 Å². The minimum Gasteiger partial charge on any atom is -0.504 e. The first kappa shape index (κ1) is 10.4. The van der Waals surface area contributed by atoms with Crippen LogP contribution in [0.2, 0.25) is 0 Å². The van der Waals surface area contributed by atoms with E-state index in [1.165, 1.54) is 25.1 Å². The third-order valence-electron chi connectivity index (χ3n) is 1.58. The van der Waals surface area contributed by atoms with Gasteiger partial charge in [-0.3, -0.25) is 4.79 Å². The quantitative estimate of drug-likeness (QED) is 0.764. The number of aromatic hydroxyl groups is 1. The SMILES string of the molecule is CC(=O)c1cccc(O)c1OC(F)F. The van der Waals surface area contributed by atoms with Crippen molar-refractivity contribution in [3.8, 4) is 11.5 Å². The average Bonchev–Trinajstić information content (AvgIpc) is 2.07. The Morgan fingerprint density at radius 3 is 2.64 bits per heavy atom. The monoisotopic (exact) mass is 202 g/mol. The van der Waals surface area contributed by atoms with E-state index in [4.69, 9.17) is 0 Å². The molecule has 0 spiro atoms. The molecule has 0 atom stereocenters. The zero-order valence-corrected chi connectivity index (χ0v) is 7.33. The zero-order chi connectivity index (χ0) is 10.7. The van der Waals surface area contributed by atoms with Gasteiger partial charge in [-0.05, 0) is 19.1 Å². The first-order chi connectivity index (χ1) is 6.52. The Labute approximate surface area is 78.9 Å². The highest BCUT2D eigenvalue weighted by Crippen LogP contribution is 2.31. The van der Waals surface area contributed by atoms with Crippen LogP contribution >= 0.6 is 0 Å². The first-order valence-corrected chi connectivity index (χ1v) is 3.80. The molecule has 0 unspecified atom stereocenters. The van der Waals surface area contributed by atoms with Crippen molar-refractivity contribution in [1.82, 2.24) is 0 Å². The summed E-state index contributed by atoms with van der Waals surface area (Å²) in [5, 5.41) is 9.18. The number of alkyl halides is 2. The lowest BCUT2D eigenvalue weighted by atomic mass is 10.1. The van der Waals surface area contributed by atoms with E-state index in [0.29, 0.717) is 0 Å². The van der Waals surface area contributed by atoms with Crippen molar-refractivity contribution in [2.75, 3.05) is 0 Å². The molecule has 1 N–H and O–H groups in total. The van der Waals surface area contributed by atoms with Crippen LogP contribution in [0, 0.1) is 0 Å². The Morgan fingerprint density at radius 1 is 1.50 bits per heavy atom. The van der Waals surface area contributed by atoms with Gasteiger partial charge >= 0.3 is 6.61 Å². The number of carbonyl (C=O) groups excluding carboxylic acids is 1. The fraction of sp³-hybridized carbons (Fsp3) is 0.222. The lowest BCUT2D eigenvalue weighted by molar-refractivity contribution is -0.0515. The van der Waals surface area contributed by atoms with Crippen molar-refractivity contribution in [2.45, 2.75) is 13.5 Å². The fourth-order valence-electron chi connectivity index (χ4n) is 1.02. The van der Waals surface area contributed by atoms with Crippen LogP contribution in [-0.2, 0) is 0 Å². The number of phenolic OH excluding ortho intramolecular Hbond substituents is 1. The second-order valence-electron chi connectivity index (χ2n) is 2.59. The van der Waals surface area contributed by atoms with Crippen molar-refractivity contribution in [3.05, 3.63) is 23.8 Å². The van der Waals surface area contributed by atoms with E-state index < -0.39 is 23.9 Å². The number of carbonyl (C=O) groups is 1. The average molecular weight is 202 g/mol. The van der Waals surface area contributed by atoms with Crippen molar-refractivity contribution in [2.24, 2.45) is 0 Å². The molecule has 1 rings (SSSR count). The third-order valence-corrected chi connectivity index (χ3v) is 1.58. The Bertz CT molecular complexity index is 350. The van der Waals surface area contributed by atoms with Gasteiger partial charge in [-0.2, -0.15) is 8.78 Å². The number of rotatable bonds is 3. The molecule has 76 valence electrons. The molecule has 0 fully saturated rings. The van der Waals surface area contributed by atoms with Gasteiger partial charge in [0.05, 0.1) is 5.56 Å². The Balaban J connectivity index is 3.15. The summed E-state index contributed by atoms with van der Waals surface area (Å²) in [5.41, 5.74) is -0.0645.